The second kappa shape index (κ2) is 7.64. The highest BCUT2D eigenvalue weighted by atomic mass is 35.5. The molecule has 1 saturated heterocycles. The molecule has 2 heterocycles. The van der Waals surface area contributed by atoms with E-state index in [9.17, 15) is 4.79 Å². The van der Waals surface area contributed by atoms with Crippen LogP contribution in [0, 0.1) is 13.8 Å². The summed E-state index contributed by atoms with van der Waals surface area (Å²) < 4.78 is 0. The topological polar surface area (TPSA) is 45.2 Å². The van der Waals surface area contributed by atoms with Gasteiger partial charge in [-0.05, 0) is 57.5 Å². The molecule has 1 fully saturated rings. The standard InChI is InChI=1S/C18H22ClN3OS/c1-12-17(24-13(2)21-12)18(23)20-11-16(22-9-3-4-10-22)14-5-7-15(19)8-6-14/h5-8,16H,3-4,9-11H2,1-2H3,(H,20,23)/t16-/m0/s1. The van der Waals surface area contributed by atoms with Gasteiger partial charge in [0, 0.05) is 11.6 Å². The Hall–Kier alpha value is -1.43. The molecular weight excluding hydrogens is 342 g/mol. The van der Waals surface area contributed by atoms with Crippen molar-refractivity contribution >= 4 is 28.8 Å². The normalized spacial score (nSPS) is 16.3. The lowest BCUT2D eigenvalue weighted by Gasteiger charge is -2.28. The highest BCUT2D eigenvalue weighted by Gasteiger charge is 2.24. The van der Waals surface area contributed by atoms with Crippen molar-refractivity contribution in [3.05, 3.63) is 50.4 Å². The van der Waals surface area contributed by atoms with Gasteiger partial charge in [0.1, 0.15) is 4.88 Å². The maximum Gasteiger partial charge on any atom is 0.263 e. The first-order valence-electron chi connectivity index (χ1n) is 8.26. The van der Waals surface area contributed by atoms with Crippen LogP contribution in [-0.4, -0.2) is 35.4 Å². The Morgan fingerprint density at radius 3 is 2.54 bits per heavy atom. The van der Waals surface area contributed by atoms with Crippen molar-refractivity contribution in [2.75, 3.05) is 19.6 Å². The lowest BCUT2D eigenvalue weighted by molar-refractivity contribution is 0.0941. The largest absolute Gasteiger partial charge is 0.349 e. The fraction of sp³-hybridized carbons (Fsp3) is 0.444. The number of aromatic nitrogens is 1. The molecule has 1 aliphatic heterocycles. The number of nitrogens with one attached hydrogen (secondary N) is 1. The quantitative estimate of drug-likeness (QED) is 0.873. The predicted molar refractivity (Wildman–Crippen MR) is 98.9 cm³/mol. The Morgan fingerprint density at radius 2 is 1.96 bits per heavy atom. The first-order valence-corrected chi connectivity index (χ1v) is 9.46. The van der Waals surface area contributed by atoms with Gasteiger partial charge in [0.25, 0.3) is 5.91 Å². The molecule has 2 aromatic rings. The molecule has 0 bridgehead atoms. The summed E-state index contributed by atoms with van der Waals surface area (Å²) in [6.07, 6.45) is 2.43. The Kier molecular flexibility index (Phi) is 5.54. The lowest BCUT2D eigenvalue weighted by Crippen LogP contribution is -2.36. The van der Waals surface area contributed by atoms with E-state index in [0.29, 0.717) is 11.4 Å². The predicted octanol–water partition coefficient (Wildman–Crippen LogP) is 3.98. The zero-order valence-corrected chi connectivity index (χ0v) is 15.6. The number of aryl methyl sites for hydroxylation is 2. The molecule has 1 aliphatic rings. The van der Waals surface area contributed by atoms with Crippen LogP contribution in [0.2, 0.25) is 5.02 Å². The molecule has 1 amide bonds. The van der Waals surface area contributed by atoms with Crippen LogP contribution in [0.15, 0.2) is 24.3 Å². The summed E-state index contributed by atoms with van der Waals surface area (Å²) in [5.41, 5.74) is 2.00. The number of carbonyl (C=O) groups is 1. The van der Waals surface area contributed by atoms with Crippen molar-refractivity contribution in [2.24, 2.45) is 0 Å². The third kappa shape index (κ3) is 3.97. The molecular formula is C18H22ClN3OS. The second-order valence-electron chi connectivity index (χ2n) is 6.17. The van der Waals surface area contributed by atoms with Crippen molar-refractivity contribution in [2.45, 2.75) is 32.7 Å². The van der Waals surface area contributed by atoms with E-state index in [2.05, 4.69) is 27.3 Å². The number of amides is 1. The van der Waals surface area contributed by atoms with Gasteiger partial charge in [-0.15, -0.1) is 11.3 Å². The average Bonchev–Trinajstić information content (AvgIpc) is 3.19. The molecule has 0 spiro atoms. The summed E-state index contributed by atoms with van der Waals surface area (Å²) in [4.78, 5) is 20.0. The van der Waals surface area contributed by atoms with E-state index in [1.54, 1.807) is 0 Å². The highest BCUT2D eigenvalue weighted by Crippen LogP contribution is 2.26. The summed E-state index contributed by atoms with van der Waals surface area (Å²) in [5.74, 6) is -0.0312. The van der Waals surface area contributed by atoms with E-state index in [-0.39, 0.29) is 11.9 Å². The number of hydrogen-bond acceptors (Lipinski definition) is 4. The number of rotatable bonds is 5. The SMILES string of the molecule is Cc1nc(C)c(C(=O)NC[C@@H](c2ccc(Cl)cc2)N2CCCC2)s1. The Morgan fingerprint density at radius 1 is 1.29 bits per heavy atom. The van der Waals surface area contributed by atoms with Crippen LogP contribution in [0.1, 0.15) is 44.8 Å². The molecule has 4 nitrogen and oxygen atoms in total. The minimum atomic E-state index is -0.0312. The molecule has 1 N–H and O–H groups in total. The highest BCUT2D eigenvalue weighted by molar-refractivity contribution is 7.13. The van der Waals surface area contributed by atoms with Crippen LogP contribution < -0.4 is 5.32 Å². The van der Waals surface area contributed by atoms with Crippen LogP contribution in [0.5, 0.6) is 0 Å². The molecule has 1 aromatic carbocycles. The van der Waals surface area contributed by atoms with Gasteiger partial charge >= 0.3 is 0 Å². The minimum absolute atomic E-state index is 0.0312. The van der Waals surface area contributed by atoms with E-state index < -0.39 is 0 Å². The van der Waals surface area contributed by atoms with Gasteiger partial charge in [-0.3, -0.25) is 9.69 Å². The molecule has 0 unspecified atom stereocenters. The maximum absolute atomic E-state index is 12.5. The van der Waals surface area contributed by atoms with Crippen molar-refractivity contribution < 1.29 is 4.79 Å². The van der Waals surface area contributed by atoms with Gasteiger partial charge < -0.3 is 5.32 Å². The number of thiazole rings is 1. The fourth-order valence-corrected chi connectivity index (χ4v) is 4.17. The van der Waals surface area contributed by atoms with E-state index in [4.69, 9.17) is 11.6 Å². The van der Waals surface area contributed by atoms with E-state index in [1.165, 1.54) is 29.7 Å². The van der Waals surface area contributed by atoms with E-state index in [0.717, 1.165) is 28.8 Å². The summed E-state index contributed by atoms with van der Waals surface area (Å²) in [7, 11) is 0. The molecule has 0 saturated carbocycles. The molecule has 0 aliphatic carbocycles. The van der Waals surface area contributed by atoms with Crippen molar-refractivity contribution in [3.8, 4) is 0 Å². The Labute approximate surface area is 151 Å². The van der Waals surface area contributed by atoms with Gasteiger partial charge in [-0.2, -0.15) is 0 Å². The molecule has 24 heavy (non-hydrogen) atoms. The zero-order chi connectivity index (χ0) is 17.1. The van der Waals surface area contributed by atoms with Crippen LogP contribution in [-0.2, 0) is 0 Å². The second-order valence-corrected chi connectivity index (χ2v) is 7.81. The van der Waals surface area contributed by atoms with Crippen molar-refractivity contribution in [1.82, 2.24) is 15.2 Å². The van der Waals surface area contributed by atoms with E-state index >= 15 is 0 Å². The molecule has 3 rings (SSSR count). The van der Waals surface area contributed by atoms with Gasteiger partial charge in [-0.25, -0.2) is 4.98 Å². The summed E-state index contributed by atoms with van der Waals surface area (Å²) in [5, 5.41) is 4.76. The minimum Gasteiger partial charge on any atom is -0.349 e. The maximum atomic E-state index is 12.5. The number of nitrogens with zero attached hydrogens (tertiary/aromatic N) is 2. The first kappa shape index (κ1) is 17.4. The number of benzene rings is 1. The van der Waals surface area contributed by atoms with Crippen LogP contribution in [0.25, 0.3) is 0 Å². The first-order chi connectivity index (χ1) is 11.5. The smallest absolute Gasteiger partial charge is 0.263 e. The van der Waals surface area contributed by atoms with E-state index in [1.807, 2.05) is 26.0 Å². The van der Waals surface area contributed by atoms with Gasteiger partial charge in [0.2, 0.25) is 0 Å². The number of halogens is 1. The lowest BCUT2D eigenvalue weighted by atomic mass is 10.1. The Balaban J connectivity index is 1.73. The van der Waals surface area contributed by atoms with Gasteiger partial charge in [-0.1, -0.05) is 23.7 Å². The molecule has 1 atom stereocenters. The Bertz CT molecular complexity index is 708. The fourth-order valence-electron chi connectivity index (χ4n) is 3.21. The number of hydrogen-bond donors (Lipinski definition) is 1. The molecule has 1 aromatic heterocycles. The summed E-state index contributed by atoms with van der Waals surface area (Å²) >= 11 is 7.46. The molecule has 128 valence electrons. The monoisotopic (exact) mass is 363 g/mol. The average molecular weight is 364 g/mol. The molecule has 6 heteroatoms. The summed E-state index contributed by atoms with van der Waals surface area (Å²) in [6.45, 7) is 6.55. The van der Waals surface area contributed by atoms with Crippen LogP contribution in [0.3, 0.4) is 0 Å². The van der Waals surface area contributed by atoms with Gasteiger partial charge in [0.05, 0.1) is 16.7 Å². The number of likely N-dealkylation sites (tertiary alicyclic amines) is 1. The van der Waals surface area contributed by atoms with Crippen LogP contribution >= 0.6 is 22.9 Å². The number of carbonyl (C=O) groups excluding carboxylic acids is 1. The zero-order valence-electron chi connectivity index (χ0n) is 14.0. The van der Waals surface area contributed by atoms with Gasteiger partial charge in [0.15, 0.2) is 0 Å². The van der Waals surface area contributed by atoms with Crippen LogP contribution in [0.4, 0.5) is 0 Å². The van der Waals surface area contributed by atoms with Crippen molar-refractivity contribution in [3.63, 3.8) is 0 Å². The van der Waals surface area contributed by atoms with Crippen molar-refractivity contribution in [1.29, 1.82) is 0 Å². The third-order valence-electron chi connectivity index (χ3n) is 4.40. The summed E-state index contributed by atoms with van der Waals surface area (Å²) in [6, 6.07) is 8.12. The third-order valence-corrected chi connectivity index (χ3v) is 5.73. The molecule has 0 radical (unpaired) electrons.